The van der Waals surface area contributed by atoms with Crippen molar-refractivity contribution in [3.63, 3.8) is 0 Å². The number of benzene rings is 2. The Hall–Kier alpha value is -2.88. The fraction of sp³-hybridized carbons (Fsp3) is 0.273. The molecule has 0 atom stereocenters. The Morgan fingerprint density at radius 1 is 1.04 bits per heavy atom. The largest absolute Gasteiger partial charge is 0.321 e. The predicted molar refractivity (Wildman–Crippen MR) is 106 cm³/mol. The van der Waals surface area contributed by atoms with Gasteiger partial charge in [-0.3, -0.25) is 9.48 Å². The first-order valence-corrected chi connectivity index (χ1v) is 8.93. The maximum atomic E-state index is 12.5. The number of aryl methyl sites for hydroxylation is 1. The minimum absolute atomic E-state index is 0.115. The molecule has 0 unspecified atom stereocenters. The Kier molecular flexibility index (Phi) is 4.94. The van der Waals surface area contributed by atoms with E-state index in [-0.39, 0.29) is 11.3 Å². The van der Waals surface area contributed by atoms with Crippen LogP contribution in [0.15, 0.2) is 60.7 Å². The molecule has 0 bridgehead atoms. The van der Waals surface area contributed by atoms with E-state index in [9.17, 15) is 4.79 Å². The molecule has 1 amide bonds. The third kappa shape index (κ3) is 3.85. The summed E-state index contributed by atoms with van der Waals surface area (Å²) >= 11 is 0. The smallest absolute Gasteiger partial charge is 0.276 e. The summed E-state index contributed by atoms with van der Waals surface area (Å²) in [5.74, 6) is -0.198. The fourth-order valence-corrected chi connectivity index (χ4v) is 2.86. The zero-order valence-electron chi connectivity index (χ0n) is 15.8. The van der Waals surface area contributed by atoms with Crippen molar-refractivity contribution in [2.45, 2.75) is 39.7 Å². The first kappa shape index (κ1) is 17.9. The van der Waals surface area contributed by atoms with Crippen LogP contribution in [0.5, 0.6) is 0 Å². The number of carbonyl (C=O) groups excluding carboxylic acids is 1. The summed E-state index contributed by atoms with van der Waals surface area (Å²) in [6, 6.07) is 19.8. The van der Waals surface area contributed by atoms with Gasteiger partial charge >= 0.3 is 0 Å². The third-order valence-corrected chi connectivity index (χ3v) is 4.39. The summed E-state index contributed by atoms with van der Waals surface area (Å²) in [6.07, 6.45) is 0. The average Bonchev–Trinajstić information content (AvgIpc) is 3.06. The second-order valence-corrected chi connectivity index (χ2v) is 7.38. The highest BCUT2D eigenvalue weighted by Gasteiger charge is 2.17. The molecular weight excluding hydrogens is 322 g/mol. The second-order valence-electron chi connectivity index (χ2n) is 7.38. The number of hydrogen-bond donors (Lipinski definition) is 1. The molecule has 3 aromatic rings. The Morgan fingerprint density at radius 3 is 2.27 bits per heavy atom. The SMILES string of the molecule is CCn1nc(C(=O)Nc2ccccc2)cc1-c1ccc(C(C)(C)C)cc1. The summed E-state index contributed by atoms with van der Waals surface area (Å²) in [6.45, 7) is 9.33. The van der Waals surface area contributed by atoms with Crippen molar-refractivity contribution >= 4 is 11.6 Å². The van der Waals surface area contributed by atoms with Gasteiger partial charge in [-0.25, -0.2) is 0 Å². The number of nitrogens with zero attached hydrogens (tertiary/aromatic N) is 2. The van der Waals surface area contributed by atoms with Crippen LogP contribution in [0.1, 0.15) is 43.7 Å². The molecule has 1 aromatic heterocycles. The second kappa shape index (κ2) is 7.16. The zero-order chi connectivity index (χ0) is 18.7. The molecule has 2 aromatic carbocycles. The lowest BCUT2D eigenvalue weighted by atomic mass is 9.86. The monoisotopic (exact) mass is 347 g/mol. The number of anilines is 1. The molecule has 134 valence electrons. The first-order valence-electron chi connectivity index (χ1n) is 8.93. The van der Waals surface area contributed by atoms with Crippen LogP contribution in [0.3, 0.4) is 0 Å². The maximum Gasteiger partial charge on any atom is 0.276 e. The lowest BCUT2D eigenvalue weighted by Crippen LogP contribution is -2.13. The number of nitrogens with one attached hydrogen (secondary N) is 1. The van der Waals surface area contributed by atoms with E-state index >= 15 is 0 Å². The summed E-state index contributed by atoms with van der Waals surface area (Å²) < 4.78 is 1.87. The highest BCUT2D eigenvalue weighted by Crippen LogP contribution is 2.27. The topological polar surface area (TPSA) is 46.9 Å². The Labute approximate surface area is 154 Å². The number of carbonyl (C=O) groups is 1. The minimum Gasteiger partial charge on any atom is -0.321 e. The zero-order valence-corrected chi connectivity index (χ0v) is 15.8. The van der Waals surface area contributed by atoms with Gasteiger partial charge in [0.2, 0.25) is 0 Å². The van der Waals surface area contributed by atoms with Crippen molar-refractivity contribution < 1.29 is 4.79 Å². The number of hydrogen-bond acceptors (Lipinski definition) is 2. The van der Waals surface area contributed by atoms with E-state index in [1.54, 1.807) is 0 Å². The molecule has 4 nitrogen and oxygen atoms in total. The van der Waals surface area contributed by atoms with Crippen molar-refractivity contribution in [2.24, 2.45) is 0 Å². The van der Waals surface area contributed by atoms with Crippen LogP contribution in [0.25, 0.3) is 11.3 Å². The molecule has 0 saturated carbocycles. The van der Waals surface area contributed by atoms with Crippen LogP contribution in [0.4, 0.5) is 5.69 Å². The van der Waals surface area contributed by atoms with E-state index in [0.29, 0.717) is 12.2 Å². The molecule has 0 radical (unpaired) electrons. The van der Waals surface area contributed by atoms with E-state index in [4.69, 9.17) is 0 Å². The van der Waals surface area contributed by atoms with Crippen LogP contribution < -0.4 is 5.32 Å². The molecule has 0 fully saturated rings. The van der Waals surface area contributed by atoms with Crippen LogP contribution in [0.2, 0.25) is 0 Å². The minimum atomic E-state index is -0.198. The highest BCUT2D eigenvalue weighted by atomic mass is 16.1. The van der Waals surface area contributed by atoms with E-state index in [1.807, 2.05) is 48.0 Å². The van der Waals surface area contributed by atoms with Crippen molar-refractivity contribution in [2.75, 3.05) is 5.32 Å². The van der Waals surface area contributed by atoms with E-state index in [1.165, 1.54) is 5.56 Å². The normalized spacial score (nSPS) is 11.4. The Morgan fingerprint density at radius 2 is 1.69 bits per heavy atom. The van der Waals surface area contributed by atoms with E-state index < -0.39 is 0 Å². The van der Waals surface area contributed by atoms with E-state index in [0.717, 1.165) is 16.9 Å². The molecular formula is C22H25N3O. The van der Waals surface area contributed by atoms with Gasteiger partial charge in [0, 0.05) is 12.2 Å². The highest BCUT2D eigenvalue weighted by molar-refractivity contribution is 6.03. The van der Waals surface area contributed by atoms with Gasteiger partial charge in [0.05, 0.1) is 5.69 Å². The third-order valence-electron chi connectivity index (χ3n) is 4.39. The summed E-state index contributed by atoms with van der Waals surface area (Å²) in [5.41, 5.74) is 4.60. The van der Waals surface area contributed by atoms with Gasteiger partial charge in [0.1, 0.15) is 0 Å². The van der Waals surface area contributed by atoms with Crippen LogP contribution in [-0.4, -0.2) is 15.7 Å². The molecule has 1 heterocycles. The number of para-hydroxylation sites is 1. The van der Waals surface area contributed by atoms with Gasteiger partial charge in [-0.1, -0.05) is 63.2 Å². The van der Waals surface area contributed by atoms with Gasteiger partial charge < -0.3 is 5.32 Å². The maximum absolute atomic E-state index is 12.5. The molecule has 0 spiro atoms. The summed E-state index contributed by atoms with van der Waals surface area (Å²) in [4.78, 5) is 12.5. The molecule has 0 aliphatic carbocycles. The molecule has 4 heteroatoms. The van der Waals surface area contributed by atoms with Gasteiger partial charge in [-0.15, -0.1) is 0 Å². The lowest BCUT2D eigenvalue weighted by molar-refractivity contribution is 0.102. The molecule has 3 rings (SSSR count). The van der Waals surface area contributed by atoms with Gasteiger partial charge in [0.25, 0.3) is 5.91 Å². The van der Waals surface area contributed by atoms with Crippen molar-refractivity contribution in [3.8, 4) is 11.3 Å². The number of aromatic nitrogens is 2. The summed E-state index contributed by atoms with van der Waals surface area (Å²) in [7, 11) is 0. The quantitative estimate of drug-likeness (QED) is 0.712. The molecule has 26 heavy (non-hydrogen) atoms. The predicted octanol–water partition coefficient (Wildman–Crippen LogP) is 5.12. The molecule has 0 aliphatic heterocycles. The standard InChI is InChI=1S/C22H25N3O/c1-5-25-20(16-11-13-17(14-12-16)22(2,3)4)15-19(24-25)21(26)23-18-9-7-6-8-10-18/h6-15H,5H2,1-4H3,(H,23,26). The first-order chi connectivity index (χ1) is 12.4. The van der Waals surface area contributed by atoms with Gasteiger partial charge in [-0.05, 0) is 41.7 Å². The summed E-state index contributed by atoms with van der Waals surface area (Å²) in [5, 5.41) is 7.37. The lowest BCUT2D eigenvalue weighted by Gasteiger charge is -2.19. The van der Waals surface area contributed by atoms with Gasteiger partial charge in [-0.2, -0.15) is 5.10 Å². The average molecular weight is 347 g/mol. The molecule has 0 saturated heterocycles. The van der Waals surface area contributed by atoms with Crippen LogP contribution >= 0.6 is 0 Å². The van der Waals surface area contributed by atoms with Crippen molar-refractivity contribution in [3.05, 3.63) is 71.9 Å². The molecule has 0 aliphatic rings. The van der Waals surface area contributed by atoms with Crippen molar-refractivity contribution in [1.82, 2.24) is 9.78 Å². The number of amides is 1. The van der Waals surface area contributed by atoms with Gasteiger partial charge in [0.15, 0.2) is 5.69 Å². The number of rotatable bonds is 4. The van der Waals surface area contributed by atoms with Crippen LogP contribution in [-0.2, 0) is 12.0 Å². The Bertz CT molecular complexity index is 887. The Balaban J connectivity index is 1.88. The van der Waals surface area contributed by atoms with Crippen molar-refractivity contribution in [1.29, 1.82) is 0 Å². The van der Waals surface area contributed by atoms with Crippen LogP contribution in [0, 0.1) is 0 Å². The molecule has 1 N–H and O–H groups in total. The fourth-order valence-electron chi connectivity index (χ4n) is 2.86. The van der Waals surface area contributed by atoms with E-state index in [2.05, 4.69) is 55.5 Å².